The summed E-state index contributed by atoms with van der Waals surface area (Å²) in [6, 6.07) is 2.12. The van der Waals surface area contributed by atoms with E-state index in [0.29, 0.717) is 5.88 Å². The molecule has 74 valence electrons. The lowest BCUT2D eigenvalue weighted by atomic mass is 10.2. The van der Waals surface area contributed by atoms with Gasteiger partial charge in [0.25, 0.3) is 0 Å². The topological polar surface area (TPSA) is 52.0 Å². The van der Waals surface area contributed by atoms with Crippen LogP contribution in [0.1, 0.15) is 16.0 Å². The average Bonchev–Trinajstić information content (AvgIpc) is 2.61. The number of hydrogen-bond acceptors (Lipinski definition) is 4. The van der Waals surface area contributed by atoms with Gasteiger partial charge in [0.1, 0.15) is 5.69 Å². The lowest BCUT2D eigenvalue weighted by Gasteiger charge is -1.89. The normalized spacial score (nSPS) is 10.8. The molecule has 2 aromatic heterocycles. The number of aromatic nitrogens is 1. The van der Waals surface area contributed by atoms with E-state index in [9.17, 15) is 0 Å². The lowest BCUT2D eigenvalue weighted by molar-refractivity contribution is 0.439. The van der Waals surface area contributed by atoms with Gasteiger partial charge >= 0.3 is 0 Å². The van der Waals surface area contributed by atoms with E-state index >= 15 is 0 Å². The van der Waals surface area contributed by atoms with Crippen molar-refractivity contribution in [3.63, 3.8) is 0 Å². The van der Waals surface area contributed by atoms with Crippen molar-refractivity contribution < 1.29 is 4.52 Å². The van der Waals surface area contributed by atoms with E-state index in [1.54, 1.807) is 11.3 Å². The summed E-state index contributed by atoms with van der Waals surface area (Å²) < 4.78 is 4.93. The molecule has 0 fully saturated rings. The molecule has 0 radical (unpaired) electrons. The van der Waals surface area contributed by atoms with Crippen LogP contribution in [0.4, 0.5) is 5.88 Å². The quantitative estimate of drug-likeness (QED) is 0.784. The minimum atomic E-state index is 0.406. The standard InChI is InChI=1S/C10H12N2OS/c1-5-4-8(14-7(5)3)9-6(2)10(11)13-12-9/h4H,11H2,1-3H3. The Hall–Kier alpha value is -1.29. The third-order valence-corrected chi connectivity index (χ3v) is 3.52. The summed E-state index contributed by atoms with van der Waals surface area (Å²) in [5.41, 5.74) is 8.67. The molecular formula is C10H12N2OS. The van der Waals surface area contributed by atoms with Crippen molar-refractivity contribution >= 4 is 17.2 Å². The van der Waals surface area contributed by atoms with E-state index in [-0.39, 0.29) is 0 Å². The van der Waals surface area contributed by atoms with E-state index in [0.717, 1.165) is 16.1 Å². The van der Waals surface area contributed by atoms with Gasteiger partial charge in [0.15, 0.2) is 0 Å². The number of anilines is 1. The van der Waals surface area contributed by atoms with Gasteiger partial charge in [0.2, 0.25) is 5.88 Å². The van der Waals surface area contributed by atoms with Crippen LogP contribution in [0.15, 0.2) is 10.6 Å². The zero-order valence-corrected chi connectivity index (χ0v) is 9.23. The van der Waals surface area contributed by atoms with Gasteiger partial charge in [-0.1, -0.05) is 5.16 Å². The maximum absolute atomic E-state index is 5.60. The molecule has 0 amide bonds. The monoisotopic (exact) mass is 208 g/mol. The van der Waals surface area contributed by atoms with Crippen molar-refractivity contribution in [2.75, 3.05) is 5.73 Å². The van der Waals surface area contributed by atoms with Gasteiger partial charge in [-0.2, -0.15) is 0 Å². The van der Waals surface area contributed by atoms with E-state index < -0.39 is 0 Å². The fraction of sp³-hybridized carbons (Fsp3) is 0.300. The first-order valence-electron chi connectivity index (χ1n) is 4.38. The predicted molar refractivity (Wildman–Crippen MR) is 58.4 cm³/mol. The second kappa shape index (κ2) is 3.13. The smallest absolute Gasteiger partial charge is 0.225 e. The zero-order chi connectivity index (χ0) is 10.3. The van der Waals surface area contributed by atoms with Crippen LogP contribution >= 0.6 is 11.3 Å². The second-order valence-electron chi connectivity index (χ2n) is 3.37. The van der Waals surface area contributed by atoms with Crippen LogP contribution in [0, 0.1) is 20.8 Å². The number of rotatable bonds is 1. The molecular weight excluding hydrogens is 196 g/mol. The fourth-order valence-corrected chi connectivity index (χ4v) is 2.34. The van der Waals surface area contributed by atoms with Crippen LogP contribution in [0.25, 0.3) is 10.6 Å². The van der Waals surface area contributed by atoms with Gasteiger partial charge in [-0.05, 0) is 32.4 Å². The molecule has 0 aromatic carbocycles. The van der Waals surface area contributed by atoms with Gasteiger partial charge in [-0.15, -0.1) is 11.3 Å². The number of thiophene rings is 1. The summed E-state index contributed by atoms with van der Waals surface area (Å²) in [5, 5.41) is 3.95. The first-order valence-corrected chi connectivity index (χ1v) is 5.20. The summed E-state index contributed by atoms with van der Waals surface area (Å²) in [7, 11) is 0. The molecule has 2 aromatic rings. The first-order chi connectivity index (χ1) is 6.59. The van der Waals surface area contributed by atoms with Crippen LogP contribution < -0.4 is 5.73 Å². The van der Waals surface area contributed by atoms with Crippen LogP contribution in [0.3, 0.4) is 0 Å². The highest BCUT2D eigenvalue weighted by Crippen LogP contribution is 2.33. The molecule has 0 aliphatic carbocycles. The number of nitrogens with zero attached hydrogens (tertiary/aromatic N) is 1. The average molecular weight is 208 g/mol. The summed E-state index contributed by atoms with van der Waals surface area (Å²) in [6.07, 6.45) is 0. The van der Waals surface area contributed by atoms with Gasteiger partial charge in [-0.3, -0.25) is 0 Å². The van der Waals surface area contributed by atoms with Gasteiger partial charge in [0, 0.05) is 10.4 Å². The molecule has 0 saturated carbocycles. The van der Waals surface area contributed by atoms with Crippen molar-refractivity contribution in [2.24, 2.45) is 0 Å². The molecule has 0 atom stereocenters. The summed E-state index contributed by atoms with van der Waals surface area (Å²) in [5.74, 6) is 0.406. The van der Waals surface area contributed by atoms with Gasteiger partial charge in [0.05, 0.1) is 4.88 Å². The van der Waals surface area contributed by atoms with E-state index in [4.69, 9.17) is 10.3 Å². The van der Waals surface area contributed by atoms with Crippen molar-refractivity contribution in [2.45, 2.75) is 20.8 Å². The number of hydrogen-bond donors (Lipinski definition) is 1. The third-order valence-electron chi connectivity index (χ3n) is 2.36. The zero-order valence-electron chi connectivity index (χ0n) is 8.42. The van der Waals surface area contributed by atoms with Gasteiger partial charge in [-0.25, -0.2) is 0 Å². The summed E-state index contributed by atoms with van der Waals surface area (Å²) in [4.78, 5) is 2.43. The molecule has 3 nitrogen and oxygen atoms in total. The Kier molecular flexibility index (Phi) is 2.07. The second-order valence-corrected chi connectivity index (χ2v) is 4.63. The molecule has 0 unspecified atom stereocenters. The molecule has 2 heterocycles. The minimum absolute atomic E-state index is 0.406. The highest BCUT2D eigenvalue weighted by atomic mass is 32.1. The van der Waals surface area contributed by atoms with E-state index in [2.05, 4.69) is 25.1 Å². The highest BCUT2D eigenvalue weighted by molar-refractivity contribution is 7.15. The third kappa shape index (κ3) is 1.32. The molecule has 0 aliphatic heterocycles. The Morgan fingerprint density at radius 1 is 1.36 bits per heavy atom. The highest BCUT2D eigenvalue weighted by Gasteiger charge is 2.13. The molecule has 0 spiro atoms. The number of aryl methyl sites for hydroxylation is 2. The van der Waals surface area contributed by atoms with Crippen LogP contribution in [0.2, 0.25) is 0 Å². The molecule has 4 heteroatoms. The Morgan fingerprint density at radius 3 is 2.50 bits per heavy atom. The first kappa shape index (κ1) is 9.27. The molecule has 2 N–H and O–H groups in total. The number of nitrogens with two attached hydrogens (primary N) is 1. The maximum atomic E-state index is 5.60. The molecule has 0 saturated heterocycles. The van der Waals surface area contributed by atoms with Crippen LogP contribution in [0.5, 0.6) is 0 Å². The minimum Gasteiger partial charge on any atom is -0.367 e. The van der Waals surface area contributed by atoms with Crippen molar-refractivity contribution in [3.05, 3.63) is 22.1 Å². The Morgan fingerprint density at radius 2 is 2.07 bits per heavy atom. The Bertz CT molecular complexity index is 451. The molecule has 0 bridgehead atoms. The lowest BCUT2D eigenvalue weighted by Crippen LogP contribution is -1.83. The van der Waals surface area contributed by atoms with Crippen molar-refractivity contribution in [1.29, 1.82) is 0 Å². The number of nitrogen functional groups attached to an aromatic ring is 1. The maximum Gasteiger partial charge on any atom is 0.225 e. The van der Waals surface area contributed by atoms with Crippen LogP contribution in [-0.2, 0) is 0 Å². The fourth-order valence-electron chi connectivity index (χ4n) is 1.27. The largest absolute Gasteiger partial charge is 0.367 e. The van der Waals surface area contributed by atoms with Crippen molar-refractivity contribution in [1.82, 2.24) is 5.16 Å². The van der Waals surface area contributed by atoms with Gasteiger partial charge < -0.3 is 10.3 Å². The van der Waals surface area contributed by atoms with E-state index in [1.165, 1.54) is 10.4 Å². The van der Waals surface area contributed by atoms with Crippen LogP contribution in [-0.4, -0.2) is 5.16 Å². The molecule has 0 aliphatic rings. The Balaban J connectivity index is 2.54. The predicted octanol–water partition coefficient (Wildman–Crippen LogP) is 2.91. The van der Waals surface area contributed by atoms with Crippen molar-refractivity contribution in [3.8, 4) is 10.6 Å². The Labute approximate surface area is 86.5 Å². The summed E-state index contributed by atoms with van der Waals surface area (Å²) >= 11 is 1.72. The molecule has 2 rings (SSSR count). The SMILES string of the molecule is Cc1cc(-c2noc(N)c2C)sc1C. The van der Waals surface area contributed by atoms with E-state index in [1.807, 2.05) is 6.92 Å². The molecule has 14 heavy (non-hydrogen) atoms. The summed E-state index contributed by atoms with van der Waals surface area (Å²) in [6.45, 7) is 6.11.